The van der Waals surface area contributed by atoms with E-state index in [1.54, 1.807) is 12.1 Å². The van der Waals surface area contributed by atoms with E-state index in [-0.39, 0.29) is 10.6 Å². The van der Waals surface area contributed by atoms with Crippen molar-refractivity contribution in [1.29, 1.82) is 0 Å². The summed E-state index contributed by atoms with van der Waals surface area (Å²) in [5.74, 6) is 0. The van der Waals surface area contributed by atoms with Gasteiger partial charge < -0.3 is 10.2 Å². The maximum Gasteiger partial charge on any atom is 0.273 e. The molecule has 19 heavy (non-hydrogen) atoms. The van der Waals surface area contributed by atoms with E-state index < -0.39 is 0 Å². The number of benzene rings is 1. The molecule has 0 spiro atoms. The van der Waals surface area contributed by atoms with E-state index in [0.29, 0.717) is 12.1 Å². The Bertz CT molecular complexity index is 424. The highest BCUT2D eigenvalue weighted by atomic mass is 79.9. The van der Waals surface area contributed by atoms with Crippen LogP contribution >= 0.6 is 15.9 Å². The minimum atomic E-state index is -0.338. The van der Waals surface area contributed by atoms with Gasteiger partial charge in [0.15, 0.2) is 0 Å². The van der Waals surface area contributed by atoms with Gasteiger partial charge in [0, 0.05) is 22.6 Å². The molecule has 0 radical (unpaired) electrons. The van der Waals surface area contributed by atoms with Gasteiger partial charge in [0.1, 0.15) is 0 Å². The zero-order chi connectivity index (χ0) is 14.3. The second-order valence-corrected chi connectivity index (χ2v) is 5.63. The number of hydrogen-bond acceptors (Lipinski definition) is 4. The molecule has 0 fully saturated rings. The lowest BCUT2D eigenvalue weighted by atomic mass is 10.2. The Hall–Kier alpha value is -0.980. The number of nitro benzene ring substituents is 1. The number of unbranched alkanes of at least 4 members (excludes halogenated alkanes) is 1. The fourth-order valence-corrected chi connectivity index (χ4v) is 2.18. The highest BCUT2D eigenvalue weighted by Gasteiger charge is 2.12. The SMILES string of the molecule is CN(C)CCCCNCc1cc(Br)ccc1[N+](=O)[O-]. The van der Waals surface area contributed by atoms with Gasteiger partial charge in [-0.3, -0.25) is 10.1 Å². The molecule has 1 N–H and O–H groups in total. The van der Waals surface area contributed by atoms with Gasteiger partial charge in [-0.1, -0.05) is 15.9 Å². The molecule has 0 amide bonds. The lowest BCUT2D eigenvalue weighted by Gasteiger charge is -2.09. The van der Waals surface area contributed by atoms with E-state index >= 15 is 0 Å². The summed E-state index contributed by atoms with van der Waals surface area (Å²) in [6.07, 6.45) is 2.19. The third kappa shape index (κ3) is 6.13. The fourth-order valence-electron chi connectivity index (χ4n) is 1.77. The van der Waals surface area contributed by atoms with Gasteiger partial charge in [-0.15, -0.1) is 0 Å². The van der Waals surface area contributed by atoms with Crippen LogP contribution in [0.1, 0.15) is 18.4 Å². The van der Waals surface area contributed by atoms with Crippen molar-refractivity contribution in [2.24, 2.45) is 0 Å². The number of nitrogens with zero attached hydrogens (tertiary/aromatic N) is 2. The van der Waals surface area contributed by atoms with E-state index in [1.807, 2.05) is 0 Å². The molecule has 0 saturated heterocycles. The van der Waals surface area contributed by atoms with Gasteiger partial charge >= 0.3 is 0 Å². The summed E-state index contributed by atoms with van der Waals surface area (Å²) in [6.45, 7) is 2.47. The van der Waals surface area contributed by atoms with Gasteiger partial charge in [-0.2, -0.15) is 0 Å². The Morgan fingerprint density at radius 3 is 2.74 bits per heavy atom. The van der Waals surface area contributed by atoms with Gasteiger partial charge in [0.25, 0.3) is 5.69 Å². The number of halogens is 1. The zero-order valence-corrected chi connectivity index (χ0v) is 12.9. The predicted octanol–water partition coefficient (Wildman–Crippen LogP) is 2.79. The summed E-state index contributed by atoms with van der Waals surface area (Å²) in [5, 5.41) is 14.2. The van der Waals surface area contributed by atoms with Crippen LogP contribution in [0.15, 0.2) is 22.7 Å². The van der Waals surface area contributed by atoms with E-state index in [4.69, 9.17) is 0 Å². The van der Waals surface area contributed by atoms with Crippen LogP contribution in [0, 0.1) is 10.1 Å². The quantitative estimate of drug-likeness (QED) is 0.452. The molecule has 0 aliphatic carbocycles. The third-order valence-electron chi connectivity index (χ3n) is 2.76. The molecule has 0 saturated carbocycles. The highest BCUT2D eigenvalue weighted by molar-refractivity contribution is 9.10. The highest BCUT2D eigenvalue weighted by Crippen LogP contribution is 2.22. The molecule has 0 aromatic heterocycles. The molecule has 0 heterocycles. The second-order valence-electron chi connectivity index (χ2n) is 4.72. The maximum absolute atomic E-state index is 10.9. The van der Waals surface area contributed by atoms with Crippen LogP contribution in [0.25, 0.3) is 0 Å². The molecular formula is C13H20BrN3O2. The largest absolute Gasteiger partial charge is 0.312 e. The van der Waals surface area contributed by atoms with Crippen LogP contribution in [0.2, 0.25) is 0 Å². The fraction of sp³-hybridized carbons (Fsp3) is 0.538. The summed E-state index contributed by atoms with van der Waals surface area (Å²) >= 11 is 3.34. The maximum atomic E-state index is 10.9. The Morgan fingerprint density at radius 2 is 2.11 bits per heavy atom. The number of nitrogens with one attached hydrogen (secondary N) is 1. The van der Waals surface area contributed by atoms with Crippen molar-refractivity contribution in [3.05, 3.63) is 38.3 Å². The Labute approximate surface area is 122 Å². The van der Waals surface area contributed by atoms with Crippen LogP contribution < -0.4 is 5.32 Å². The first kappa shape index (κ1) is 16.1. The van der Waals surface area contributed by atoms with E-state index in [2.05, 4.69) is 40.2 Å². The number of rotatable bonds is 8. The van der Waals surface area contributed by atoms with Gasteiger partial charge in [-0.05, 0) is 52.2 Å². The first-order chi connectivity index (χ1) is 9.00. The smallest absolute Gasteiger partial charge is 0.273 e. The van der Waals surface area contributed by atoms with Crippen molar-refractivity contribution in [3.8, 4) is 0 Å². The molecule has 106 valence electrons. The number of hydrogen-bond donors (Lipinski definition) is 1. The summed E-state index contributed by atoms with van der Waals surface area (Å²) in [5.41, 5.74) is 0.885. The minimum Gasteiger partial charge on any atom is -0.312 e. The van der Waals surface area contributed by atoms with E-state index in [1.165, 1.54) is 6.07 Å². The summed E-state index contributed by atoms with van der Waals surface area (Å²) in [6, 6.07) is 5.02. The first-order valence-corrected chi connectivity index (χ1v) is 7.08. The topological polar surface area (TPSA) is 58.4 Å². The molecule has 0 aliphatic heterocycles. The summed E-state index contributed by atoms with van der Waals surface area (Å²) < 4.78 is 0.863. The van der Waals surface area contributed by atoms with Crippen molar-refractivity contribution in [1.82, 2.24) is 10.2 Å². The Morgan fingerprint density at radius 1 is 1.37 bits per heavy atom. The van der Waals surface area contributed by atoms with Crippen molar-refractivity contribution in [3.63, 3.8) is 0 Å². The Kier molecular flexibility index (Phi) is 6.97. The second kappa shape index (κ2) is 8.24. The van der Waals surface area contributed by atoms with Gasteiger partial charge in [0.2, 0.25) is 0 Å². The minimum absolute atomic E-state index is 0.170. The predicted molar refractivity (Wildman–Crippen MR) is 80.3 cm³/mol. The van der Waals surface area contributed by atoms with Crippen molar-refractivity contribution in [2.45, 2.75) is 19.4 Å². The monoisotopic (exact) mass is 329 g/mol. The summed E-state index contributed by atoms with van der Waals surface area (Å²) in [4.78, 5) is 12.7. The van der Waals surface area contributed by atoms with Crippen LogP contribution in [0.3, 0.4) is 0 Å². The van der Waals surface area contributed by atoms with Crippen LogP contribution in [-0.2, 0) is 6.54 Å². The molecule has 1 rings (SSSR count). The first-order valence-electron chi connectivity index (χ1n) is 6.29. The van der Waals surface area contributed by atoms with Crippen LogP contribution in [0.5, 0.6) is 0 Å². The summed E-state index contributed by atoms with van der Waals surface area (Å²) in [7, 11) is 4.11. The van der Waals surface area contributed by atoms with Crippen molar-refractivity contribution in [2.75, 3.05) is 27.2 Å². The average Bonchev–Trinajstić information content (AvgIpc) is 2.33. The van der Waals surface area contributed by atoms with Crippen molar-refractivity contribution < 1.29 is 4.92 Å². The third-order valence-corrected chi connectivity index (χ3v) is 3.26. The van der Waals surface area contributed by atoms with Gasteiger partial charge in [-0.25, -0.2) is 0 Å². The lowest BCUT2D eigenvalue weighted by molar-refractivity contribution is -0.385. The molecule has 1 aromatic carbocycles. The number of nitro groups is 1. The van der Waals surface area contributed by atoms with Crippen molar-refractivity contribution >= 4 is 21.6 Å². The molecular weight excluding hydrogens is 310 g/mol. The lowest BCUT2D eigenvalue weighted by Crippen LogP contribution is -2.18. The molecule has 0 atom stereocenters. The Balaban J connectivity index is 2.40. The molecule has 0 aliphatic rings. The van der Waals surface area contributed by atoms with E-state index in [0.717, 1.165) is 30.4 Å². The molecule has 1 aromatic rings. The molecule has 5 nitrogen and oxygen atoms in total. The normalized spacial score (nSPS) is 10.9. The van der Waals surface area contributed by atoms with Crippen LogP contribution in [-0.4, -0.2) is 37.0 Å². The standard InChI is InChI=1S/C13H20BrN3O2/c1-16(2)8-4-3-7-15-10-11-9-12(14)5-6-13(11)17(18)19/h5-6,9,15H,3-4,7-8,10H2,1-2H3. The molecule has 0 bridgehead atoms. The molecule has 0 unspecified atom stereocenters. The molecule has 6 heteroatoms. The zero-order valence-electron chi connectivity index (χ0n) is 11.4. The van der Waals surface area contributed by atoms with Crippen LogP contribution in [0.4, 0.5) is 5.69 Å². The van der Waals surface area contributed by atoms with Gasteiger partial charge in [0.05, 0.1) is 4.92 Å². The average molecular weight is 330 g/mol. The van der Waals surface area contributed by atoms with E-state index in [9.17, 15) is 10.1 Å².